The lowest BCUT2D eigenvalue weighted by Gasteiger charge is -2.17. The van der Waals surface area contributed by atoms with Gasteiger partial charge in [0, 0.05) is 25.3 Å². The number of methoxy groups -OCH3 is 1. The Bertz CT molecular complexity index is 889. The van der Waals surface area contributed by atoms with E-state index in [2.05, 4.69) is 4.98 Å². The number of aromatic amines is 1. The maximum atomic E-state index is 12.1. The van der Waals surface area contributed by atoms with Gasteiger partial charge in [-0.15, -0.1) is 0 Å². The fraction of sp³-hybridized carbons (Fsp3) is 0.389. The molecule has 1 saturated heterocycles. The molecular weight excluding hydrogens is 340 g/mol. The number of nitrogens with one attached hydrogen (secondary N) is 1. The third-order valence-corrected chi connectivity index (χ3v) is 4.33. The zero-order valence-corrected chi connectivity index (χ0v) is 14.5. The summed E-state index contributed by atoms with van der Waals surface area (Å²) >= 11 is 0. The first kappa shape index (κ1) is 18.1. The third-order valence-electron chi connectivity index (χ3n) is 4.33. The summed E-state index contributed by atoms with van der Waals surface area (Å²) in [7, 11) is 1.53. The van der Waals surface area contributed by atoms with E-state index in [0.29, 0.717) is 17.5 Å². The van der Waals surface area contributed by atoms with E-state index < -0.39 is 29.6 Å². The topological polar surface area (TPSA) is 99.6 Å². The van der Waals surface area contributed by atoms with Crippen LogP contribution < -0.4 is 11.2 Å². The molecule has 2 aromatic rings. The molecule has 0 saturated carbocycles. The highest BCUT2D eigenvalue weighted by atomic mass is 16.6. The van der Waals surface area contributed by atoms with Gasteiger partial charge in [0.25, 0.3) is 5.56 Å². The van der Waals surface area contributed by atoms with E-state index >= 15 is 0 Å². The van der Waals surface area contributed by atoms with Gasteiger partial charge in [-0.2, -0.15) is 0 Å². The second kappa shape index (κ2) is 7.67. The minimum absolute atomic E-state index is 0.000178. The van der Waals surface area contributed by atoms with Crippen LogP contribution in [0.25, 0.3) is 0 Å². The Labute approximate surface area is 149 Å². The van der Waals surface area contributed by atoms with Gasteiger partial charge in [-0.05, 0) is 19.1 Å². The molecule has 1 aliphatic heterocycles. The van der Waals surface area contributed by atoms with E-state index in [9.17, 15) is 14.4 Å². The van der Waals surface area contributed by atoms with Crippen molar-refractivity contribution in [3.05, 3.63) is 68.5 Å². The van der Waals surface area contributed by atoms with Gasteiger partial charge in [-0.3, -0.25) is 14.3 Å². The maximum Gasteiger partial charge on any atom is 0.338 e. The first-order valence-electron chi connectivity index (χ1n) is 8.22. The molecule has 2 heterocycles. The predicted octanol–water partition coefficient (Wildman–Crippen LogP) is 1.00. The van der Waals surface area contributed by atoms with Crippen LogP contribution in [-0.2, 0) is 14.2 Å². The normalized spacial score (nSPS) is 22.3. The molecule has 3 atom stereocenters. The van der Waals surface area contributed by atoms with E-state index in [1.54, 1.807) is 31.2 Å². The summed E-state index contributed by atoms with van der Waals surface area (Å²) in [5.41, 5.74) is -0.132. The summed E-state index contributed by atoms with van der Waals surface area (Å²) in [6, 6.07) is 8.64. The summed E-state index contributed by atoms with van der Waals surface area (Å²) in [5.74, 6) is -0.454. The van der Waals surface area contributed by atoms with Crippen molar-refractivity contribution in [1.82, 2.24) is 9.55 Å². The average Bonchev–Trinajstić information content (AvgIpc) is 3.06. The molecule has 0 aliphatic carbocycles. The fourth-order valence-electron chi connectivity index (χ4n) is 2.88. The number of rotatable bonds is 5. The highest BCUT2D eigenvalue weighted by molar-refractivity contribution is 5.89. The Morgan fingerprint density at radius 3 is 2.73 bits per heavy atom. The van der Waals surface area contributed by atoms with Gasteiger partial charge in [0.15, 0.2) is 0 Å². The third kappa shape index (κ3) is 3.76. The maximum absolute atomic E-state index is 12.1. The Balaban J connectivity index is 1.70. The number of ether oxygens (including phenoxy) is 3. The molecule has 0 bridgehead atoms. The lowest BCUT2D eigenvalue weighted by Crippen LogP contribution is -2.33. The molecular formula is C18H20N2O6. The number of carbonyl (C=O) groups is 1. The molecule has 1 aliphatic rings. The van der Waals surface area contributed by atoms with Crippen molar-refractivity contribution in [2.45, 2.75) is 31.8 Å². The van der Waals surface area contributed by atoms with Crippen molar-refractivity contribution in [2.75, 3.05) is 13.7 Å². The summed E-state index contributed by atoms with van der Waals surface area (Å²) in [4.78, 5) is 37.9. The van der Waals surface area contributed by atoms with E-state index in [0.717, 1.165) is 0 Å². The fourth-order valence-corrected chi connectivity index (χ4v) is 2.88. The standard InChI is InChI=1S/C18H20N2O6/c1-11-9-20(18(23)19-16(11)21)15-8-13(24-2)14(26-15)10-25-17(22)12-6-4-3-5-7-12/h3-7,9,13-15H,8,10H2,1-2H3,(H,19,21,23)/t13-,14+,15+/m0/s1. The van der Waals surface area contributed by atoms with Crippen molar-refractivity contribution in [1.29, 1.82) is 0 Å². The number of benzene rings is 1. The second-order valence-corrected chi connectivity index (χ2v) is 6.08. The van der Waals surface area contributed by atoms with E-state index in [4.69, 9.17) is 14.2 Å². The molecule has 3 rings (SSSR count). The zero-order valence-electron chi connectivity index (χ0n) is 14.5. The first-order chi connectivity index (χ1) is 12.5. The van der Waals surface area contributed by atoms with E-state index in [-0.39, 0.29) is 12.7 Å². The van der Waals surface area contributed by atoms with Crippen molar-refractivity contribution in [2.24, 2.45) is 0 Å². The van der Waals surface area contributed by atoms with Crippen LogP contribution in [0.2, 0.25) is 0 Å². The lowest BCUT2D eigenvalue weighted by atomic mass is 10.2. The summed E-state index contributed by atoms with van der Waals surface area (Å²) in [5, 5.41) is 0. The van der Waals surface area contributed by atoms with Crippen LogP contribution in [0.5, 0.6) is 0 Å². The van der Waals surface area contributed by atoms with Crippen molar-refractivity contribution >= 4 is 5.97 Å². The molecule has 1 aromatic heterocycles. The molecule has 138 valence electrons. The minimum Gasteiger partial charge on any atom is -0.459 e. The Morgan fingerprint density at radius 1 is 1.31 bits per heavy atom. The zero-order chi connectivity index (χ0) is 18.7. The molecule has 0 amide bonds. The van der Waals surface area contributed by atoms with E-state index in [1.807, 2.05) is 6.07 Å². The molecule has 8 nitrogen and oxygen atoms in total. The Hall–Kier alpha value is -2.71. The van der Waals surface area contributed by atoms with Crippen LogP contribution in [0.15, 0.2) is 46.1 Å². The molecule has 1 N–H and O–H groups in total. The number of hydrogen-bond donors (Lipinski definition) is 1. The number of nitrogens with zero attached hydrogens (tertiary/aromatic N) is 1. The number of aromatic nitrogens is 2. The quantitative estimate of drug-likeness (QED) is 0.799. The number of aryl methyl sites for hydroxylation is 1. The van der Waals surface area contributed by atoms with Crippen molar-refractivity contribution in [3.8, 4) is 0 Å². The minimum atomic E-state index is -0.608. The SMILES string of the molecule is CO[C@H]1C[C@H](n2cc(C)c(=O)[nH]c2=O)O[C@@H]1COC(=O)c1ccccc1. The lowest BCUT2D eigenvalue weighted by molar-refractivity contribution is -0.0599. The second-order valence-electron chi connectivity index (χ2n) is 6.08. The highest BCUT2D eigenvalue weighted by Crippen LogP contribution is 2.29. The van der Waals surface area contributed by atoms with Gasteiger partial charge in [-0.1, -0.05) is 18.2 Å². The smallest absolute Gasteiger partial charge is 0.338 e. The Morgan fingerprint density at radius 2 is 2.04 bits per heavy atom. The van der Waals surface area contributed by atoms with Crippen molar-refractivity contribution < 1.29 is 19.0 Å². The van der Waals surface area contributed by atoms with Gasteiger partial charge in [0.1, 0.15) is 18.9 Å². The summed E-state index contributed by atoms with van der Waals surface area (Å²) < 4.78 is 17.9. The van der Waals surface area contributed by atoms with Crippen LogP contribution in [0.1, 0.15) is 28.6 Å². The van der Waals surface area contributed by atoms with Crippen LogP contribution >= 0.6 is 0 Å². The number of hydrogen-bond acceptors (Lipinski definition) is 6. The summed E-state index contributed by atoms with van der Waals surface area (Å²) in [6.45, 7) is 1.61. The largest absolute Gasteiger partial charge is 0.459 e. The van der Waals surface area contributed by atoms with Crippen LogP contribution in [0.4, 0.5) is 0 Å². The molecule has 0 radical (unpaired) electrons. The van der Waals surface area contributed by atoms with Crippen molar-refractivity contribution in [3.63, 3.8) is 0 Å². The summed E-state index contributed by atoms with van der Waals surface area (Å²) in [6.07, 6.45) is 0.384. The molecule has 1 aromatic carbocycles. The van der Waals surface area contributed by atoms with Gasteiger partial charge in [0.2, 0.25) is 0 Å². The van der Waals surface area contributed by atoms with E-state index in [1.165, 1.54) is 17.9 Å². The van der Waals surface area contributed by atoms with Gasteiger partial charge in [-0.25, -0.2) is 9.59 Å². The van der Waals surface area contributed by atoms with Crippen LogP contribution in [0, 0.1) is 6.92 Å². The number of carbonyl (C=O) groups excluding carboxylic acids is 1. The molecule has 8 heteroatoms. The first-order valence-corrected chi connectivity index (χ1v) is 8.22. The monoisotopic (exact) mass is 360 g/mol. The van der Waals surface area contributed by atoms with Crippen LogP contribution in [-0.4, -0.2) is 41.4 Å². The number of esters is 1. The van der Waals surface area contributed by atoms with Crippen LogP contribution in [0.3, 0.4) is 0 Å². The molecule has 1 fully saturated rings. The number of H-pyrrole nitrogens is 1. The highest BCUT2D eigenvalue weighted by Gasteiger charge is 2.37. The molecule has 0 unspecified atom stereocenters. The molecule has 26 heavy (non-hydrogen) atoms. The van der Waals surface area contributed by atoms with Gasteiger partial charge < -0.3 is 14.2 Å². The average molecular weight is 360 g/mol. The Kier molecular flexibility index (Phi) is 5.34. The molecule has 0 spiro atoms. The van der Waals surface area contributed by atoms with Gasteiger partial charge in [0.05, 0.1) is 11.7 Å². The predicted molar refractivity (Wildman–Crippen MR) is 92.1 cm³/mol. The van der Waals surface area contributed by atoms with Gasteiger partial charge >= 0.3 is 11.7 Å².